The van der Waals surface area contributed by atoms with E-state index in [2.05, 4.69) is 13.8 Å². The number of nitrogens with two attached hydrogens (primary N) is 1. The maximum atomic E-state index is 6.37. The lowest BCUT2D eigenvalue weighted by Gasteiger charge is -2.47. The molecular weight excluding hydrogens is 258 g/mol. The predicted molar refractivity (Wildman–Crippen MR) is 78.5 cm³/mol. The van der Waals surface area contributed by atoms with Crippen LogP contribution in [0.15, 0.2) is 18.2 Å². The van der Waals surface area contributed by atoms with Crippen LogP contribution in [0.3, 0.4) is 0 Å². The minimum absolute atomic E-state index is 0.0445. The molecule has 1 heterocycles. The van der Waals surface area contributed by atoms with Crippen LogP contribution in [0.4, 0.5) is 0 Å². The van der Waals surface area contributed by atoms with E-state index in [1.807, 2.05) is 18.2 Å². The summed E-state index contributed by atoms with van der Waals surface area (Å²) in [7, 11) is 0. The van der Waals surface area contributed by atoms with Crippen LogP contribution in [0.2, 0.25) is 5.02 Å². The molecule has 0 amide bonds. The molecule has 1 saturated carbocycles. The Morgan fingerprint density at radius 3 is 2.79 bits per heavy atom. The Bertz CT molecular complexity index is 490. The van der Waals surface area contributed by atoms with E-state index in [1.165, 1.54) is 6.42 Å². The molecule has 3 rings (SSSR count). The fourth-order valence-electron chi connectivity index (χ4n) is 3.63. The molecule has 1 aromatic rings. The quantitative estimate of drug-likeness (QED) is 0.768. The average Bonchev–Trinajstić information content (AvgIpc) is 2.36. The second-order valence-corrected chi connectivity index (χ2v) is 6.91. The Morgan fingerprint density at radius 1 is 1.26 bits per heavy atom. The van der Waals surface area contributed by atoms with Gasteiger partial charge >= 0.3 is 0 Å². The van der Waals surface area contributed by atoms with Crippen molar-refractivity contribution in [2.75, 3.05) is 0 Å². The number of rotatable bonds is 0. The van der Waals surface area contributed by atoms with Crippen LogP contribution < -0.4 is 10.5 Å². The second kappa shape index (κ2) is 4.68. The van der Waals surface area contributed by atoms with Crippen molar-refractivity contribution >= 4 is 11.6 Å². The first-order valence-corrected chi connectivity index (χ1v) is 7.61. The molecule has 104 valence electrons. The zero-order chi connectivity index (χ0) is 13.6. The summed E-state index contributed by atoms with van der Waals surface area (Å²) in [4.78, 5) is 0. The minimum atomic E-state index is -0.0494. The van der Waals surface area contributed by atoms with Gasteiger partial charge in [-0.05, 0) is 49.3 Å². The van der Waals surface area contributed by atoms with Crippen LogP contribution in [0.1, 0.15) is 51.1 Å². The summed E-state index contributed by atoms with van der Waals surface area (Å²) in [5, 5.41) is 0.736. The summed E-state index contributed by atoms with van der Waals surface area (Å²) in [6, 6.07) is 5.86. The Morgan fingerprint density at radius 2 is 2.05 bits per heavy atom. The van der Waals surface area contributed by atoms with Crippen LogP contribution in [0.5, 0.6) is 5.75 Å². The van der Waals surface area contributed by atoms with Crippen molar-refractivity contribution < 1.29 is 4.74 Å². The largest absolute Gasteiger partial charge is 0.487 e. The van der Waals surface area contributed by atoms with E-state index < -0.39 is 0 Å². The molecule has 1 aromatic carbocycles. The summed E-state index contributed by atoms with van der Waals surface area (Å²) in [5.41, 5.74) is 7.37. The molecule has 4 atom stereocenters. The fourth-order valence-corrected chi connectivity index (χ4v) is 3.81. The van der Waals surface area contributed by atoms with Crippen molar-refractivity contribution in [1.82, 2.24) is 0 Å². The van der Waals surface area contributed by atoms with Gasteiger partial charge < -0.3 is 10.5 Å². The molecule has 1 fully saturated rings. The van der Waals surface area contributed by atoms with Crippen molar-refractivity contribution in [3.8, 4) is 5.75 Å². The van der Waals surface area contributed by atoms with Gasteiger partial charge in [-0.1, -0.05) is 25.4 Å². The molecule has 0 saturated heterocycles. The number of ether oxygens (including phenoxy) is 1. The summed E-state index contributed by atoms with van der Waals surface area (Å²) in [6.07, 6.45) is 4.38. The molecular formula is C16H22ClNO. The summed E-state index contributed by atoms with van der Waals surface area (Å²) >= 11 is 6.05. The third kappa shape index (κ3) is 2.36. The molecule has 2 nitrogen and oxygen atoms in total. The van der Waals surface area contributed by atoms with E-state index in [4.69, 9.17) is 22.1 Å². The minimum Gasteiger partial charge on any atom is -0.487 e. The fraction of sp³-hybridized carbons (Fsp3) is 0.625. The van der Waals surface area contributed by atoms with Gasteiger partial charge in [0.05, 0.1) is 0 Å². The van der Waals surface area contributed by atoms with Gasteiger partial charge in [0.2, 0.25) is 0 Å². The molecule has 0 radical (unpaired) electrons. The topological polar surface area (TPSA) is 35.2 Å². The SMILES string of the molecule is CC1CCC2(CC1C)C[C@H](N)c1cc(Cl)ccc1O2. The van der Waals surface area contributed by atoms with Gasteiger partial charge in [-0.15, -0.1) is 0 Å². The van der Waals surface area contributed by atoms with Crippen LogP contribution in [0.25, 0.3) is 0 Å². The van der Waals surface area contributed by atoms with Crippen LogP contribution >= 0.6 is 11.6 Å². The first-order chi connectivity index (χ1) is 8.99. The standard InChI is InChI=1S/C16H22ClNO/c1-10-5-6-16(8-11(10)2)9-14(18)13-7-12(17)3-4-15(13)19-16/h3-4,7,10-11,14H,5-6,8-9,18H2,1-2H3/t10?,11?,14-,16?/m0/s1. The lowest BCUT2D eigenvalue weighted by atomic mass is 9.69. The molecule has 1 aliphatic carbocycles. The molecule has 3 unspecified atom stereocenters. The van der Waals surface area contributed by atoms with E-state index in [9.17, 15) is 0 Å². The van der Waals surface area contributed by atoms with Crippen LogP contribution in [-0.4, -0.2) is 5.60 Å². The van der Waals surface area contributed by atoms with Gasteiger partial charge in [0.15, 0.2) is 0 Å². The zero-order valence-corrected chi connectivity index (χ0v) is 12.4. The van der Waals surface area contributed by atoms with Crippen LogP contribution in [0, 0.1) is 11.8 Å². The maximum Gasteiger partial charge on any atom is 0.125 e. The molecule has 19 heavy (non-hydrogen) atoms. The molecule has 2 aliphatic rings. The Hall–Kier alpha value is -0.730. The van der Waals surface area contributed by atoms with E-state index in [1.54, 1.807) is 0 Å². The Balaban J connectivity index is 1.90. The highest BCUT2D eigenvalue weighted by Crippen LogP contribution is 2.48. The van der Waals surface area contributed by atoms with Gasteiger partial charge in [-0.25, -0.2) is 0 Å². The van der Waals surface area contributed by atoms with Gasteiger partial charge in [-0.2, -0.15) is 0 Å². The predicted octanol–water partition coefficient (Wildman–Crippen LogP) is 4.32. The normalized spacial score (nSPS) is 37.8. The number of fused-ring (bicyclic) bond motifs is 1. The molecule has 2 N–H and O–H groups in total. The van der Waals surface area contributed by atoms with Gasteiger partial charge in [-0.3, -0.25) is 0 Å². The Labute approximate surface area is 120 Å². The van der Waals surface area contributed by atoms with Crippen molar-refractivity contribution in [3.05, 3.63) is 28.8 Å². The number of benzene rings is 1. The number of hydrogen-bond acceptors (Lipinski definition) is 2. The van der Waals surface area contributed by atoms with Crippen molar-refractivity contribution in [2.24, 2.45) is 17.6 Å². The zero-order valence-electron chi connectivity index (χ0n) is 11.7. The third-order valence-corrected chi connectivity index (χ3v) is 5.25. The van der Waals surface area contributed by atoms with Gasteiger partial charge in [0, 0.05) is 23.0 Å². The molecule has 0 bridgehead atoms. The number of hydrogen-bond donors (Lipinski definition) is 1. The molecule has 1 aliphatic heterocycles. The lowest BCUT2D eigenvalue weighted by Crippen LogP contribution is -2.47. The highest BCUT2D eigenvalue weighted by Gasteiger charge is 2.44. The second-order valence-electron chi connectivity index (χ2n) is 6.48. The van der Waals surface area contributed by atoms with Crippen molar-refractivity contribution in [3.63, 3.8) is 0 Å². The third-order valence-electron chi connectivity index (χ3n) is 5.01. The molecule has 0 aromatic heterocycles. The smallest absolute Gasteiger partial charge is 0.125 e. The van der Waals surface area contributed by atoms with Gasteiger partial charge in [0.25, 0.3) is 0 Å². The lowest BCUT2D eigenvalue weighted by molar-refractivity contribution is -0.0287. The van der Waals surface area contributed by atoms with Crippen molar-refractivity contribution in [2.45, 2.75) is 51.2 Å². The van der Waals surface area contributed by atoms with Gasteiger partial charge in [0.1, 0.15) is 11.4 Å². The molecule has 1 spiro atoms. The summed E-state index contributed by atoms with van der Waals surface area (Å²) in [5.74, 6) is 2.43. The highest BCUT2D eigenvalue weighted by atomic mass is 35.5. The highest BCUT2D eigenvalue weighted by molar-refractivity contribution is 6.30. The first-order valence-electron chi connectivity index (χ1n) is 7.23. The first kappa shape index (κ1) is 13.3. The summed E-state index contributed by atoms with van der Waals surface area (Å²) in [6.45, 7) is 4.67. The van der Waals surface area contributed by atoms with E-state index in [0.29, 0.717) is 5.92 Å². The van der Waals surface area contributed by atoms with E-state index in [-0.39, 0.29) is 11.6 Å². The van der Waals surface area contributed by atoms with E-state index >= 15 is 0 Å². The van der Waals surface area contributed by atoms with Crippen LogP contribution in [-0.2, 0) is 0 Å². The van der Waals surface area contributed by atoms with Crippen molar-refractivity contribution in [1.29, 1.82) is 0 Å². The Kier molecular flexibility index (Phi) is 3.26. The average molecular weight is 280 g/mol. The van der Waals surface area contributed by atoms with E-state index in [0.717, 1.165) is 41.5 Å². The summed E-state index contributed by atoms with van der Waals surface area (Å²) < 4.78 is 6.37. The maximum absolute atomic E-state index is 6.37. The monoisotopic (exact) mass is 279 g/mol. The molecule has 3 heteroatoms. The number of halogens is 1.